The van der Waals surface area contributed by atoms with Crippen LogP contribution in [0.2, 0.25) is 0 Å². The molecule has 0 unspecified atom stereocenters. The standard InChI is InChI=1S/C19H18BrN3O3/c1-12(2)17(22-18(25)14-6-4-3-5-7-14)19(26)23-21-11-13-8-9-16(24)15(20)10-13/h3-11,24H,1-2H3,(H,22,25)(H,23,26). The third-order valence-electron chi connectivity index (χ3n) is 3.35. The van der Waals surface area contributed by atoms with Gasteiger partial charge in [0.25, 0.3) is 11.8 Å². The molecule has 0 spiro atoms. The van der Waals surface area contributed by atoms with Gasteiger partial charge in [0.05, 0.1) is 10.7 Å². The van der Waals surface area contributed by atoms with E-state index in [4.69, 9.17) is 0 Å². The quantitative estimate of drug-likeness (QED) is 0.397. The van der Waals surface area contributed by atoms with E-state index in [0.29, 0.717) is 21.2 Å². The molecule has 3 N–H and O–H groups in total. The smallest absolute Gasteiger partial charge is 0.287 e. The van der Waals surface area contributed by atoms with Gasteiger partial charge >= 0.3 is 0 Å². The molecular formula is C19H18BrN3O3. The van der Waals surface area contributed by atoms with Crippen LogP contribution in [0, 0.1) is 0 Å². The SMILES string of the molecule is CC(C)=C(NC(=O)c1ccccc1)C(=O)NN=Cc1ccc(O)c(Br)c1. The lowest BCUT2D eigenvalue weighted by Gasteiger charge is -2.10. The minimum absolute atomic E-state index is 0.113. The lowest BCUT2D eigenvalue weighted by Crippen LogP contribution is -2.33. The molecule has 0 saturated carbocycles. The molecule has 26 heavy (non-hydrogen) atoms. The van der Waals surface area contributed by atoms with Crippen LogP contribution in [0.3, 0.4) is 0 Å². The molecule has 2 aromatic rings. The molecule has 0 radical (unpaired) electrons. The maximum Gasteiger partial charge on any atom is 0.287 e. The van der Waals surface area contributed by atoms with Gasteiger partial charge in [-0.25, -0.2) is 5.43 Å². The number of carbonyl (C=O) groups is 2. The molecule has 0 atom stereocenters. The number of benzene rings is 2. The second-order valence-corrected chi connectivity index (χ2v) is 6.46. The summed E-state index contributed by atoms with van der Waals surface area (Å²) in [4.78, 5) is 24.6. The molecule has 7 heteroatoms. The fourth-order valence-corrected chi connectivity index (χ4v) is 2.41. The zero-order valence-corrected chi connectivity index (χ0v) is 15.9. The highest BCUT2D eigenvalue weighted by molar-refractivity contribution is 9.10. The molecule has 2 amide bonds. The number of hydrogen-bond acceptors (Lipinski definition) is 4. The first-order valence-electron chi connectivity index (χ1n) is 7.74. The number of rotatable bonds is 5. The summed E-state index contributed by atoms with van der Waals surface area (Å²) < 4.78 is 0.521. The molecule has 0 bridgehead atoms. The fraction of sp³-hybridized carbons (Fsp3) is 0.105. The number of phenols is 1. The average molecular weight is 416 g/mol. The van der Waals surface area contributed by atoms with Gasteiger partial charge < -0.3 is 10.4 Å². The molecule has 0 aliphatic rings. The van der Waals surface area contributed by atoms with Crippen molar-refractivity contribution in [2.45, 2.75) is 13.8 Å². The van der Waals surface area contributed by atoms with Crippen LogP contribution in [-0.4, -0.2) is 23.1 Å². The van der Waals surface area contributed by atoms with E-state index < -0.39 is 5.91 Å². The Labute approximate surface area is 159 Å². The third-order valence-corrected chi connectivity index (χ3v) is 3.99. The van der Waals surface area contributed by atoms with Gasteiger partial charge in [0.1, 0.15) is 11.4 Å². The Bertz CT molecular complexity index is 873. The first-order chi connectivity index (χ1) is 12.4. The number of halogens is 1. The van der Waals surface area contributed by atoms with Crippen molar-refractivity contribution in [3.63, 3.8) is 0 Å². The van der Waals surface area contributed by atoms with Crippen LogP contribution in [0.4, 0.5) is 0 Å². The summed E-state index contributed by atoms with van der Waals surface area (Å²) in [6.45, 7) is 3.45. The van der Waals surface area contributed by atoms with Gasteiger partial charge in [0.15, 0.2) is 0 Å². The second kappa shape index (κ2) is 8.96. The van der Waals surface area contributed by atoms with Crippen LogP contribution in [0.25, 0.3) is 0 Å². The highest BCUT2D eigenvalue weighted by atomic mass is 79.9. The predicted octanol–water partition coefficient (Wildman–Crippen LogP) is 3.33. The van der Waals surface area contributed by atoms with Gasteiger partial charge in [-0.1, -0.05) is 18.2 Å². The van der Waals surface area contributed by atoms with Crippen LogP contribution < -0.4 is 10.7 Å². The summed E-state index contributed by atoms with van der Waals surface area (Å²) in [6.07, 6.45) is 1.43. The van der Waals surface area contributed by atoms with Crippen LogP contribution in [0.5, 0.6) is 5.75 Å². The fourth-order valence-electron chi connectivity index (χ4n) is 2.01. The van der Waals surface area contributed by atoms with Crippen molar-refractivity contribution in [1.82, 2.24) is 10.7 Å². The Kier molecular flexibility index (Phi) is 6.68. The van der Waals surface area contributed by atoms with E-state index in [1.165, 1.54) is 12.3 Å². The van der Waals surface area contributed by atoms with E-state index in [2.05, 4.69) is 31.8 Å². The minimum atomic E-state index is -0.525. The maximum absolute atomic E-state index is 12.3. The van der Waals surface area contributed by atoms with Gasteiger partial charge in [-0.05, 0) is 71.2 Å². The number of allylic oxidation sites excluding steroid dienone is 1. The zero-order chi connectivity index (χ0) is 19.1. The number of amides is 2. The summed E-state index contributed by atoms with van der Waals surface area (Å²) in [5.74, 6) is -0.784. The van der Waals surface area contributed by atoms with E-state index in [9.17, 15) is 14.7 Å². The van der Waals surface area contributed by atoms with Crippen LogP contribution in [0.15, 0.2) is 69.4 Å². The number of hydrogen-bond donors (Lipinski definition) is 3. The minimum Gasteiger partial charge on any atom is -0.507 e. The van der Waals surface area contributed by atoms with Crippen molar-refractivity contribution in [2.75, 3.05) is 0 Å². The third kappa shape index (κ3) is 5.29. The van der Waals surface area contributed by atoms with Crippen molar-refractivity contribution in [2.24, 2.45) is 5.10 Å². The lowest BCUT2D eigenvalue weighted by molar-refractivity contribution is -0.117. The van der Waals surface area contributed by atoms with Gasteiger partial charge in [-0.2, -0.15) is 5.10 Å². The summed E-state index contributed by atoms with van der Waals surface area (Å²) in [5.41, 5.74) is 4.31. The number of phenolic OH excluding ortho intramolecular Hbond substituents is 1. The predicted molar refractivity (Wildman–Crippen MR) is 104 cm³/mol. The highest BCUT2D eigenvalue weighted by Gasteiger charge is 2.15. The Morgan fingerprint density at radius 2 is 1.81 bits per heavy atom. The molecule has 0 heterocycles. The van der Waals surface area contributed by atoms with Crippen molar-refractivity contribution in [1.29, 1.82) is 0 Å². The van der Waals surface area contributed by atoms with Gasteiger partial charge in [-0.3, -0.25) is 9.59 Å². The Hall–Kier alpha value is -2.93. The lowest BCUT2D eigenvalue weighted by atomic mass is 10.2. The van der Waals surface area contributed by atoms with E-state index in [-0.39, 0.29) is 17.4 Å². The van der Waals surface area contributed by atoms with Crippen molar-refractivity contribution >= 4 is 34.0 Å². The monoisotopic (exact) mass is 415 g/mol. The molecule has 6 nitrogen and oxygen atoms in total. The van der Waals surface area contributed by atoms with Crippen molar-refractivity contribution in [3.8, 4) is 5.75 Å². The van der Waals surface area contributed by atoms with E-state index >= 15 is 0 Å². The Morgan fingerprint density at radius 1 is 1.12 bits per heavy atom. The maximum atomic E-state index is 12.3. The van der Waals surface area contributed by atoms with Gasteiger partial charge in [0, 0.05) is 5.56 Å². The summed E-state index contributed by atoms with van der Waals surface area (Å²) in [7, 11) is 0. The van der Waals surface area contributed by atoms with E-state index in [1.54, 1.807) is 50.2 Å². The molecule has 0 saturated heterocycles. The summed E-state index contributed by atoms with van der Waals surface area (Å²) in [6, 6.07) is 13.4. The topological polar surface area (TPSA) is 90.8 Å². The van der Waals surface area contributed by atoms with Crippen molar-refractivity contribution < 1.29 is 14.7 Å². The molecule has 2 aromatic carbocycles. The largest absolute Gasteiger partial charge is 0.507 e. The second-order valence-electron chi connectivity index (χ2n) is 5.61. The van der Waals surface area contributed by atoms with Crippen LogP contribution in [0.1, 0.15) is 29.8 Å². The average Bonchev–Trinajstić information content (AvgIpc) is 2.62. The molecule has 134 valence electrons. The zero-order valence-electron chi connectivity index (χ0n) is 14.3. The Balaban J connectivity index is 2.05. The first-order valence-corrected chi connectivity index (χ1v) is 8.53. The molecule has 0 aliphatic carbocycles. The van der Waals surface area contributed by atoms with Crippen LogP contribution in [-0.2, 0) is 4.79 Å². The number of nitrogens with one attached hydrogen (secondary N) is 2. The number of carbonyl (C=O) groups excluding carboxylic acids is 2. The number of nitrogens with zero attached hydrogens (tertiary/aromatic N) is 1. The normalized spacial score (nSPS) is 10.4. The first kappa shape index (κ1) is 19.4. The number of aromatic hydroxyl groups is 1. The van der Waals surface area contributed by atoms with Gasteiger partial charge in [-0.15, -0.1) is 0 Å². The molecule has 2 rings (SSSR count). The van der Waals surface area contributed by atoms with E-state index in [1.807, 2.05) is 6.07 Å². The van der Waals surface area contributed by atoms with Crippen molar-refractivity contribution in [3.05, 3.63) is 75.4 Å². The molecule has 0 fully saturated rings. The molecular weight excluding hydrogens is 398 g/mol. The summed E-state index contributed by atoms with van der Waals surface area (Å²) in [5, 5.41) is 16.0. The summed E-state index contributed by atoms with van der Waals surface area (Å²) >= 11 is 3.20. The van der Waals surface area contributed by atoms with E-state index in [0.717, 1.165) is 0 Å². The van der Waals surface area contributed by atoms with Gasteiger partial charge in [0.2, 0.25) is 0 Å². The number of hydrazone groups is 1. The molecule has 0 aliphatic heterocycles. The highest BCUT2D eigenvalue weighted by Crippen LogP contribution is 2.23. The molecule has 0 aromatic heterocycles. The van der Waals surface area contributed by atoms with Crippen LogP contribution >= 0.6 is 15.9 Å². The Morgan fingerprint density at radius 3 is 2.42 bits per heavy atom.